The molecule has 0 aliphatic rings. The van der Waals surface area contributed by atoms with Gasteiger partial charge in [-0.3, -0.25) is 4.79 Å². The minimum absolute atomic E-state index is 0.0677. The normalized spacial score (nSPS) is 10.2. The number of aromatic nitrogens is 1. The summed E-state index contributed by atoms with van der Waals surface area (Å²) >= 11 is 0. The summed E-state index contributed by atoms with van der Waals surface area (Å²) in [7, 11) is 0. The second kappa shape index (κ2) is 3.53. The molecule has 1 aromatic carbocycles. The van der Waals surface area contributed by atoms with Crippen molar-refractivity contribution in [1.82, 2.24) is 4.98 Å². The van der Waals surface area contributed by atoms with Crippen LogP contribution in [0.25, 0.3) is 11.3 Å². The van der Waals surface area contributed by atoms with E-state index in [1.807, 2.05) is 0 Å². The van der Waals surface area contributed by atoms with Gasteiger partial charge in [0.15, 0.2) is 17.7 Å². The zero-order valence-corrected chi connectivity index (χ0v) is 7.61. The Labute approximate surface area is 84.5 Å². The van der Waals surface area contributed by atoms with E-state index >= 15 is 0 Å². The first kappa shape index (κ1) is 9.39. The van der Waals surface area contributed by atoms with Gasteiger partial charge in [0.05, 0.1) is 0 Å². The van der Waals surface area contributed by atoms with Crippen LogP contribution in [0.5, 0.6) is 0 Å². The highest BCUT2D eigenvalue weighted by Gasteiger charge is 2.13. The van der Waals surface area contributed by atoms with Crippen molar-refractivity contribution in [3.8, 4) is 11.3 Å². The number of aldehydes is 1. The van der Waals surface area contributed by atoms with Gasteiger partial charge in [-0.25, -0.2) is 4.39 Å². The smallest absolute Gasteiger partial charge is 0.293 e. The summed E-state index contributed by atoms with van der Waals surface area (Å²) in [4.78, 5) is 14.3. The van der Waals surface area contributed by atoms with Crippen LogP contribution in [0.4, 0.5) is 10.4 Å². The molecule has 0 radical (unpaired) electrons. The lowest BCUT2D eigenvalue weighted by molar-refractivity contribution is 0.112. The zero-order chi connectivity index (χ0) is 10.8. The molecule has 0 bridgehead atoms. The molecule has 0 saturated carbocycles. The van der Waals surface area contributed by atoms with E-state index in [4.69, 9.17) is 10.2 Å². The number of oxazole rings is 1. The molecule has 0 atom stereocenters. The van der Waals surface area contributed by atoms with Gasteiger partial charge in [-0.1, -0.05) is 12.1 Å². The highest BCUT2D eigenvalue weighted by molar-refractivity contribution is 5.83. The zero-order valence-electron chi connectivity index (χ0n) is 7.61. The standard InChI is InChI=1S/C10H7FN2O2/c11-7-3-1-2-6(4-7)9-8(5-14)13-10(12)15-9/h1-5H,(H2,12,13). The molecule has 5 heteroatoms. The van der Waals surface area contributed by atoms with Crippen LogP contribution < -0.4 is 5.73 Å². The van der Waals surface area contributed by atoms with Crippen molar-refractivity contribution >= 4 is 12.3 Å². The maximum atomic E-state index is 12.9. The topological polar surface area (TPSA) is 69.1 Å². The highest BCUT2D eigenvalue weighted by Crippen LogP contribution is 2.25. The Hall–Kier alpha value is -2.17. The number of nitrogen functional groups attached to an aromatic ring is 1. The van der Waals surface area contributed by atoms with Gasteiger partial charge in [0.25, 0.3) is 6.01 Å². The van der Waals surface area contributed by atoms with Crippen molar-refractivity contribution in [2.75, 3.05) is 5.73 Å². The number of halogens is 1. The predicted molar refractivity (Wildman–Crippen MR) is 51.7 cm³/mol. The molecule has 0 amide bonds. The summed E-state index contributed by atoms with van der Waals surface area (Å²) in [5.41, 5.74) is 5.80. The third kappa shape index (κ3) is 1.71. The fourth-order valence-electron chi connectivity index (χ4n) is 1.27. The van der Waals surface area contributed by atoms with Crippen molar-refractivity contribution in [2.45, 2.75) is 0 Å². The number of carbonyl (C=O) groups is 1. The molecule has 2 aromatic rings. The number of benzene rings is 1. The van der Waals surface area contributed by atoms with Crippen molar-refractivity contribution in [2.24, 2.45) is 0 Å². The van der Waals surface area contributed by atoms with Crippen molar-refractivity contribution < 1.29 is 13.6 Å². The number of nitrogens with two attached hydrogens (primary N) is 1. The Bertz CT molecular complexity index is 508. The van der Waals surface area contributed by atoms with Crippen LogP contribution >= 0.6 is 0 Å². The largest absolute Gasteiger partial charge is 0.423 e. The van der Waals surface area contributed by atoms with Gasteiger partial charge in [0, 0.05) is 5.56 Å². The van der Waals surface area contributed by atoms with Gasteiger partial charge in [-0.15, -0.1) is 0 Å². The molecule has 0 spiro atoms. The summed E-state index contributed by atoms with van der Waals surface area (Å²) in [6.45, 7) is 0. The third-order valence-corrected chi connectivity index (χ3v) is 1.87. The number of carbonyl (C=O) groups excluding carboxylic acids is 1. The third-order valence-electron chi connectivity index (χ3n) is 1.87. The van der Waals surface area contributed by atoms with E-state index in [-0.39, 0.29) is 17.5 Å². The van der Waals surface area contributed by atoms with Crippen LogP contribution in [0.15, 0.2) is 28.7 Å². The number of rotatable bonds is 2. The second-order valence-electron chi connectivity index (χ2n) is 2.89. The van der Waals surface area contributed by atoms with E-state index in [1.165, 1.54) is 18.2 Å². The SMILES string of the molecule is Nc1nc(C=O)c(-c2cccc(F)c2)o1. The number of hydrogen-bond donors (Lipinski definition) is 1. The Morgan fingerprint density at radius 1 is 1.47 bits per heavy atom. The quantitative estimate of drug-likeness (QED) is 0.761. The monoisotopic (exact) mass is 206 g/mol. The summed E-state index contributed by atoms with van der Waals surface area (Å²) in [5.74, 6) is -0.235. The molecule has 0 aliphatic carbocycles. The number of nitrogens with zero attached hydrogens (tertiary/aromatic N) is 1. The summed E-state index contributed by atoms with van der Waals surface area (Å²) in [6.07, 6.45) is 0.514. The molecular formula is C10H7FN2O2. The second-order valence-corrected chi connectivity index (χ2v) is 2.89. The molecule has 0 fully saturated rings. The molecule has 76 valence electrons. The lowest BCUT2D eigenvalue weighted by Crippen LogP contribution is -1.86. The van der Waals surface area contributed by atoms with Crippen LogP contribution in [-0.4, -0.2) is 11.3 Å². The Morgan fingerprint density at radius 2 is 2.27 bits per heavy atom. The number of hydrogen-bond acceptors (Lipinski definition) is 4. The van der Waals surface area contributed by atoms with Crippen molar-refractivity contribution in [1.29, 1.82) is 0 Å². The van der Waals surface area contributed by atoms with E-state index in [2.05, 4.69) is 4.98 Å². The molecule has 1 heterocycles. The molecule has 2 rings (SSSR count). The van der Waals surface area contributed by atoms with Gasteiger partial charge >= 0.3 is 0 Å². The lowest BCUT2D eigenvalue weighted by atomic mass is 10.1. The summed E-state index contributed by atoms with van der Waals surface area (Å²) in [5, 5.41) is 0. The van der Waals surface area contributed by atoms with Crippen molar-refractivity contribution in [3.63, 3.8) is 0 Å². The first-order valence-electron chi connectivity index (χ1n) is 4.18. The average Bonchev–Trinajstić information content (AvgIpc) is 2.59. The molecule has 0 unspecified atom stereocenters. The molecule has 4 nitrogen and oxygen atoms in total. The number of anilines is 1. The Kier molecular flexibility index (Phi) is 2.21. The molecular weight excluding hydrogens is 199 g/mol. The van der Waals surface area contributed by atoms with E-state index < -0.39 is 5.82 Å². The fraction of sp³-hybridized carbons (Fsp3) is 0. The highest BCUT2D eigenvalue weighted by atomic mass is 19.1. The van der Waals surface area contributed by atoms with Gasteiger partial charge in [0.1, 0.15) is 5.82 Å². The lowest BCUT2D eigenvalue weighted by Gasteiger charge is -1.96. The maximum Gasteiger partial charge on any atom is 0.293 e. The Balaban J connectivity index is 2.57. The van der Waals surface area contributed by atoms with Gasteiger partial charge in [-0.2, -0.15) is 4.98 Å². The van der Waals surface area contributed by atoms with E-state index in [9.17, 15) is 9.18 Å². The minimum atomic E-state index is -0.417. The maximum absolute atomic E-state index is 12.9. The minimum Gasteiger partial charge on any atom is -0.423 e. The summed E-state index contributed by atoms with van der Waals surface area (Å²) < 4.78 is 17.9. The van der Waals surface area contributed by atoms with Crippen LogP contribution in [0, 0.1) is 5.82 Å². The molecule has 1 aromatic heterocycles. The fourth-order valence-corrected chi connectivity index (χ4v) is 1.27. The van der Waals surface area contributed by atoms with Crippen LogP contribution in [0.2, 0.25) is 0 Å². The van der Waals surface area contributed by atoms with E-state index in [1.54, 1.807) is 6.07 Å². The van der Waals surface area contributed by atoms with Crippen LogP contribution in [0.1, 0.15) is 10.5 Å². The first-order chi connectivity index (χ1) is 7.20. The van der Waals surface area contributed by atoms with Crippen LogP contribution in [0.3, 0.4) is 0 Å². The van der Waals surface area contributed by atoms with E-state index in [0.717, 1.165) is 0 Å². The van der Waals surface area contributed by atoms with Gasteiger partial charge in [0.2, 0.25) is 0 Å². The van der Waals surface area contributed by atoms with Gasteiger partial charge < -0.3 is 10.2 Å². The molecule has 0 saturated heterocycles. The molecule has 0 aliphatic heterocycles. The van der Waals surface area contributed by atoms with Crippen molar-refractivity contribution in [3.05, 3.63) is 35.8 Å². The Morgan fingerprint density at radius 3 is 2.93 bits per heavy atom. The first-order valence-corrected chi connectivity index (χ1v) is 4.18. The molecule has 15 heavy (non-hydrogen) atoms. The van der Waals surface area contributed by atoms with Crippen LogP contribution in [-0.2, 0) is 0 Å². The average molecular weight is 206 g/mol. The molecule has 2 N–H and O–H groups in total. The van der Waals surface area contributed by atoms with Gasteiger partial charge in [-0.05, 0) is 12.1 Å². The predicted octanol–water partition coefficient (Wildman–Crippen LogP) is 1.88. The summed E-state index contributed by atoms with van der Waals surface area (Å²) in [6, 6.07) is 5.54. The van der Waals surface area contributed by atoms with E-state index in [0.29, 0.717) is 11.8 Å².